The second kappa shape index (κ2) is 7.58. The van der Waals surface area contributed by atoms with Crippen molar-refractivity contribution in [1.82, 2.24) is 9.97 Å². The summed E-state index contributed by atoms with van der Waals surface area (Å²) in [6, 6.07) is 7.65. The van der Waals surface area contributed by atoms with Gasteiger partial charge in [0.05, 0.1) is 12.3 Å². The van der Waals surface area contributed by atoms with Gasteiger partial charge in [-0.1, -0.05) is 11.6 Å². The zero-order chi connectivity index (χ0) is 17.8. The lowest BCUT2D eigenvalue weighted by molar-refractivity contribution is 0.102. The summed E-state index contributed by atoms with van der Waals surface area (Å²) < 4.78 is 19.1. The SMILES string of the molecule is CCOc1ccc(-c2csc(NC(=O)c3ccnc(Cl)c3)n2)cc1F. The lowest BCUT2D eigenvalue weighted by atomic mass is 10.1. The van der Waals surface area contributed by atoms with E-state index in [9.17, 15) is 9.18 Å². The molecule has 0 radical (unpaired) electrons. The van der Waals surface area contributed by atoms with E-state index in [1.165, 1.54) is 29.7 Å². The van der Waals surface area contributed by atoms with E-state index < -0.39 is 5.82 Å². The molecule has 1 N–H and O–H groups in total. The second-order valence-corrected chi connectivity index (χ2v) is 6.18. The Hall–Kier alpha value is -2.51. The predicted octanol–water partition coefficient (Wildman–Crippen LogP) is 4.65. The van der Waals surface area contributed by atoms with Gasteiger partial charge in [-0.05, 0) is 37.3 Å². The van der Waals surface area contributed by atoms with Crippen molar-refractivity contribution in [2.75, 3.05) is 11.9 Å². The van der Waals surface area contributed by atoms with Crippen molar-refractivity contribution in [3.05, 3.63) is 58.4 Å². The van der Waals surface area contributed by atoms with Crippen LogP contribution in [0.5, 0.6) is 5.75 Å². The monoisotopic (exact) mass is 377 g/mol. The fourth-order valence-corrected chi connectivity index (χ4v) is 3.00. The van der Waals surface area contributed by atoms with Crippen LogP contribution in [-0.2, 0) is 0 Å². The van der Waals surface area contributed by atoms with Gasteiger partial charge >= 0.3 is 0 Å². The Morgan fingerprint density at radius 3 is 2.92 bits per heavy atom. The lowest BCUT2D eigenvalue weighted by Crippen LogP contribution is -2.11. The van der Waals surface area contributed by atoms with Crippen molar-refractivity contribution in [2.24, 2.45) is 0 Å². The molecule has 3 rings (SSSR count). The highest BCUT2D eigenvalue weighted by Gasteiger charge is 2.12. The number of rotatable bonds is 5. The van der Waals surface area contributed by atoms with Gasteiger partial charge in [-0.3, -0.25) is 10.1 Å². The molecule has 0 fully saturated rings. The molecule has 128 valence electrons. The van der Waals surface area contributed by atoms with Gasteiger partial charge in [-0.25, -0.2) is 14.4 Å². The third-order valence-electron chi connectivity index (χ3n) is 3.24. The molecule has 3 aromatic rings. The largest absolute Gasteiger partial charge is 0.491 e. The highest BCUT2D eigenvalue weighted by molar-refractivity contribution is 7.14. The fourth-order valence-electron chi connectivity index (χ4n) is 2.11. The van der Waals surface area contributed by atoms with Crippen LogP contribution >= 0.6 is 22.9 Å². The highest BCUT2D eigenvalue weighted by atomic mass is 35.5. The number of carbonyl (C=O) groups excluding carboxylic acids is 1. The number of anilines is 1. The molecule has 2 heterocycles. The van der Waals surface area contributed by atoms with Gasteiger partial charge in [0, 0.05) is 22.7 Å². The summed E-state index contributed by atoms with van der Waals surface area (Å²) in [6.07, 6.45) is 1.45. The van der Waals surface area contributed by atoms with E-state index in [1.807, 2.05) is 0 Å². The molecule has 0 saturated carbocycles. The van der Waals surface area contributed by atoms with Crippen LogP contribution in [0, 0.1) is 5.82 Å². The number of aromatic nitrogens is 2. The van der Waals surface area contributed by atoms with Gasteiger partial charge in [0.15, 0.2) is 16.7 Å². The topological polar surface area (TPSA) is 64.1 Å². The first-order valence-electron chi connectivity index (χ1n) is 7.38. The molecule has 0 saturated heterocycles. The maximum absolute atomic E-state index is 14.0. The molecule has 5 nitrogen and oxygen atoms in total. The van der Waals surface area contributed by atoms with Gasteiger partial charge in [-0.15, -0.1) is 11.3 Å². The van der Waals surface area contributed by atoms with Crippen LogP contribution in [0.4, 0.5) is 9.52 Å². The first-order chi connectivity index (χ1) is 12.1. The predicted molar refractivity (Wildman–Crippen MR) is 95.9 cm³/mol. The molecule has 0 spiro atoms. The molecule has 8 heteroatoms. The van der Waals surface area contributed by atoms with E-state index in [0.717, 1.165) is 0 Å². The number of thiazole rings is 1. The van der Waals surface area contributed by atoms with Gasteiger partial charge < -0.3 is 4.74 Å². The van der Waals surface area contributed by atoms with Crippen LogP contribution in [0.3, 0.4) is 0 Å². The Kier molecular flexibility index (Phi) is 5.25. The lowest BCUT2D eigenvalue weighted by Gasteiger charge is -2.05. The number of carbonyl (C=O) groups is 1. The van der Waals surface area contributed by atoms with Crippen LogP contribution < -0.4 is 10.1 Å². The normalized spacial score (nSPS) is 10.5. The number of pyridine rings is 1. The van der Waals surface area contributed by atoms with Crippen molar-refractivity contribution < 1.29 is 13.9 Å². The Balaban J connectivity index is 1.76. The van der Waals surface area contributed by atoms with Crippen molar-refractivity contribution in [1.29, 1.82) is 0 Å². The van der Waals surface area contributed by atoms with Crippen molar-refractivity contribution in [3.8, 4) is 17.0 Å². The first kappa shape index (κ1) is 17.3. The molecule has 25 heavy (non-hydrogen) atoms. The molecule has 0 atom stereocenters. The fraction of sp³-hybridized carbons (Fsp3) is 0.118. The summed E-state index contributed by atoms with van der Waals surface area (Å²) >= 11 is 7.02. The van der Waals surface area contributed by atoms with E-state index in [2.05, 4.69) is 15.3 Å². The highest BCUT2D eigenvalue weighted by Crippen LogP contribution is 2.28. The summed E-state index contributed by atoms with van der Waals surface area (Å²) in [5, 5.41) is 5.06. The maximum Gasteiger partial charge on any atom is 0.257 e. The van der Waals surface area contributed by atoms with Crippen LogP contribution in [0.25, 0.3) is 11.3 Å². The number of benzene rings is 1. The molecule has 0 bridgehead atoms. The van der Waals surface area contributed by atoms with Crippen LogP contribution in [0.1, 0.15) is 17.3 Å². The standard InChI is InChI=1S/C17H13ClFN3O2S/c1-2-24-14-4-3-10(7-12(14)19)13-9-25-17(21-13)22-16(23)11-5-6-20-15(18)8-11/h3-9H,2H2,1H3,(H,21,22,23). The molecule has 1 amide bonds. The van der Waals surface area contributed by atoms with Gasteiger partial charge in [-0.2, -0.15) is 0 Å². The molecular weight excluding hydrogens is 365 g/mol. The van der Waals surface area contributed by atoms with Gasteiger partial charge in [0.2, 0.25) is 0 Å². The zero-order valence-corrected chi connectivity index (χ0v) is 14.7. The second-order valence-electron chi connectivity index (χ2n) is 4.94. The zero-order valence-electron chi connectivity index (χ0n) is 13.1. The van der Waals surface area contributed by atoms with Crippen molar-refractivity contribution >= 4 is 34.0 Å². The average molecular weight is 378 g/mol. The van der Waals surface area contributed by atoms with Crippen LogP contribution in [0.15, 0.2) is 41.9 Å². The van der Waals surface area contributed by atoms with Crippen molar-refractivity contribution in [3.63, 3.8) is 0 Å². The maximum atomic E-state index is 14.0. The Morgan fingerprint density at radius 2 is 2.20 bits per heavy atom. The third-order valence-corrected chi connectivity index (χ3v) is 4.21. The molecule has 0 unspecified atom stereocenters. The molecular formula is C17H13ClFN3O2S. The summed E-state index contributed by atoms with van der Waals surface area (Å²) in [5.74, 6) is -0.600. The van der Waals surface area contributed by atoms with Crippen molar-refractivity contribution in [2.45, 2.75) is 6.92 Å². The summed E-state index contributed by atoms with van der Waals surface area (Å²) in [4.78, 5) is 20.3. The minimum Gasteiger partial charge on any atom is -0.491 e. The number of halogens is 2. The molecule has 0 aliphatic heterocycles. The molecule has 1 aromatic carbocycles. The Bertz CT molecular complexity index is 916. The first-order valence-corrected chi connectivity index (χ1v) is 8.63. The van der Waals surface area contributed by atoms with E-state index in [4.69, 9.17) is 16.3 Å². The number of ether oxygens (including phenoxy) is 1. The number of nitrogens with one attached hydrogen (secondary N) is 1. The van der Waals surface area contributed by atoms with Crippen LogP contribution in [-0.4, -0.2) is 22.5 Å². The van der Waals surface area contributed by atoms with Gasteiger partial charge in [0.25, 0.3) is 5.91 Å². The quantitative estimate of drug-likeness (QED) is 0.657. The smallest absolute Gasteiger partial charge is 0.257 e. The molecule has 2 aromatic heterocycles. The minimum atomic E-state index is -0.454. The van der Waals surface area contributed by atoms with Crippen LogP contribution in [0.2, 0.25) is 5.15 Å². The van der Waals surface area contributed by atoms with E-state index >= 15 is 0 Å². The van der Waals surface area contributed by atoms with E-state index in [-0.39, 0.29) is 16.8 Å². The minimum absolute atomic E-state index is 0.199. The number of nitrogens with zero attached hydrogens (tertiary/aromatic N) is 2. The number of amides is 1. The van der Waals surface area contributed by atoms with E-state index in [0.29, 0.717) is 28.6 Å². The Labute approximate surface area is 152 Å². The molecule has 0 aliphatic rings. The van der Waals surface area contributed by atoms with E-state index in [1.54, 1.807) is 30.5 Å². The molecule has 0 aliphatic carbocycles. The summed E-state index contributed by atoms with van der Waals surface area (Å²) in [6.45, 7) is 2.18. The number of hydrogen-bond donors (Lipinski definition) is 1. The summed E-state index contributed by atoms with van der Waals surface area (Å²) in [7, 11) is 0. The van der Waals surface area contributed by atoms with Gasteiger partial charge in [0.1, 0.15) is 5.15 Å². The third kappa shape index (κ3) is 4.12. The summed E-state index contributed by atoms with van der Waals surface area (Å²) in [5.41, 5.74) is 1.54. The number of hydrogen-bond acceptors (Lipinski definition) is 5. The average Bonchev–Trinajstić information content (AvgIpc) is 3.05. The Morgan fingerprint density at radius 1 is 1.36 bits per heavy atom.